The molecule has 0 aromatic heterocycles. The summed E-state index contributed by atoms with van der Waals surface area (Å²) in [6.45, 7) is -0.819. The smallest absolute Gasteiger partial charge is 0.306 e. The fourth-order valence-electron chi connectivity index (χ4n) is 3.79. The molecule has 0 amide bonds. The van der Waals surface area contributed by atoms with E-state index in [1.807, 2.05) is 0 Å². The molecule has 2 aliphatic rings. The second kappa shape index (κ2) is 6.27. The molecule has 2 unspecified atom stereocenters. The molecule has 18 heavy (non-hydrogen) atoms. The third-order valence-electron chi connectivity index (χ3n) is 4.64. The van der Waals surface area contributed by atoms with Gasteiger partial charge in [-0.1, -0.05) is 44.9 Å². The first-order chi connectivity index (χ1) is 8.56. The highest BCUT2D eigenvalue weighted by atomic mass is 19.4. The molecule has 0 aliphatic heterocycles. The fraction of sp³-hybridized carbons (Fsp3) is 1.00. The number of alkyl halides is 3. The first kappa shape index (κ1) is 14.2. The van der Waals surface area contributed by atoms with Gasteiger partial charge in [-0.25, -0.2) is 0 Å². The monoisotopic (exact) mass is 263 g/mol. The zero-order valence-corrected chi connectivity index (χ0v) is 10.9. The van der Waals surface area contributed by atoms with Crippen molar-refractivity contribution in [1.29, 1.82) is 0 Å². The molecule has 2 rings (SSSR count). The zero-order chi connectivity index (χ0) is 13.0. The molecule has 0 saturated heterocycles. The van der Waals surface area contributed by atoms with Gasteiger partial charge >= 0.3 is 6.18 Å². The highest BCUT2D eigenvalue weighted by molar-refractivity contribution is 4.87. The molecule has 0 radical (unpaired) electrons. The lowest BCUT2D eigenvalue weighted by Crippen LogP contribution is -2.45. The van der Waals surface area contributed by atoms with Crippen LogP contribution < -0.4 is 5.32 Å². The Bertz CT molecular complexity index is 246. The number of halogens is 3. The van der Waals surface area contributed by atoms with Crippen molar-refractivity contribution in [2.24, 2.45) is 11.8 Å². The maximum Gasteiger partial charge on any atom is 0.401 e. The lowest BCUT2D eigenvalue weighted by Gasteiger charge is -2.39. The van der Waals surface area contributed by atoms with E-state index >= 15 is 0 Å². The quantitative estimate of drug-likeness (QED) is 0.801. The van der Waals surface area contributed by atoms with Crippen LogP contribution in [-0.4, -0.2) is 18.8 Å². The first-order valence-corrected chi connectivity index (χ1v) is 7.36. The molecule has 4 heteroatoms. The van der Waals surface area contributed by atoms with Gasteiger partial charge in [-0.05, 0) is 24.7 Å². The van der Waals surface area contributed by atoms with E-state index in [9.17, 15) is 13.2 Å². The predicted octanol–water partition coefficient (Wildman–Crippen LogP) is 4.28. The van der Waals surface area contributed by atoms with E-state index in [1.165, 1.54) is 38.5 Å². The molecule has 2 fully saturated rings. The molecule has 0 bridgehead atoms. The molecule has 1 N–H and O–H groups in total. The van der Waals surface area contributed by atoms with Gasteiger partial charge in [-0.2, -0.15) is 13.2 Å². The van der Waals surface area contributed by atoms with E-state index in [0.29, 0.717) is 11.8 Å². The van der Waals surface area contributed by atoms with Crippen molar-refractivity contribution in [3.63, 3.8) is 0 Å². The summed E-state index contributed by atoms with van der Waals surface area (Å²) in [5, 5.41) is 2.78. The number of rotatable bonds is 3. The molecule has 0 aromatic carbocycles. The van der Waals surface area contributed by atoms with Crippen LogP contribution in [0.5, 0.6) is 0 Å². The van der Waals surface area contributed by atoms with E-state index in [2.05, 4.69) is 5.32 Å². The van der Waals surface area contributed by atoms with Crippen LogP contribution >= 0.6 is 0 Å². The summed E-state index contributed by atoms with van der Waals surface area (Å²) in [6, 6.07) is 0.100. The number of nitrogens with one attached hydrogen (secondary N) is 1. The maximum atomic E-state index is 12.3. The van der Waals surface area contributed by atoms with Gasteiger partial charge in [0.1, 0.15) is 0 Å². The Balaban J connectivity index is 1.88. The minimum Gasteiger partial charge on any atom is -0.306 e. The predicted molar refractivity (Wildman–Crippen MR) is 66.4 cm³/mol. The zero-order valence-electron chi connectivity index (χ0n) is 10.9. The molecule has 1 nitrogen and oxygen atoms in total. The minimum absolute atomic E-state index is 0.100. The van der Waals surface area contributed by atoms with Crippen molar-refractivity contribution in [2.75, 3.05) is 6.54 Å². The number of hydrogen-bond donors (Lipinski definition) is 1. The van der Waals surface area contributed by atoms with Crippen LogP contribution in [0.25, 0.3) is 0 Å². The Morgan fingerprint density at radius 3 is 2.11 bits per heavy atom. The van der Waals surface area contributed by atoms with Gasteiger partial charge in [0.25, 0.3) is 0 Å². The van der Waals surface area contributed by atoms with Crippen LogP contribution in [-0.2, 0) is 0 Å². The van der Waals surface area contributed by atoms with E-state index < -0.39 is 12.7 Å². The number of hydrogen-bond acceptors (Lipinski definition) is 1. The Kier molecular flexibility index (Phi) is 4.93. The average molecular weight is 263 g/mol. The Hall–Kier alpha value is -0.250. The van der Waals surface area contributed by atoms with Crippen molar-refractivity contribution < 1.29 is 13.2 Å². The highest BCUT2D eigenvalue weighted by Gasteiger charge is 2.35. The molecule has 106 valence electrons. The standard InChI is InChI=1S/C14H24F3N/c15-14(16,17)10-18-13-9-5-4-8-12(13)11-6-2-1-3-7-11/h11-13,18H,1-10H2. The molecule has 0 aromatic rings. The van der Waals surface area contributed by atoms with Crippen LogP contribution in [0, 0.1) is 11.8 Å². The van der Waals surface area contributed by atoms with Crippen LogP contribution in [0.4, 0.5) is 13.2 Å². The van der Waals surface area contributed by atoms with Gasteiger partial charge in [-0.3, -0.25) is 0 Å². The molecule has 2 saturated carbocycles. The highest BCUT2D eigenvalue weighted by Crippen LogP contribution is 2.38. The molecule has 0 spiro atoms. The van der Waals surface area contributed by atoms with Crippen LogP contribution in [0.1, 0.15) is 57.8 Å². The SMILES string of the molecule is FC(F)(F)CNC1CCCCC1C1CCCCC1. The minimum atomic E-state index is -4.07. The second-order valence-corrected chi connectivity index (χ2v) is 5.95. The van der Waals surface area contributed by atoms with Gasteiger partial charge in [0.15, 0.2) is 0 Å². The van der Waals surface area contributed by atoms with E-state index in [0.717, 1.165) is 19.3 Å². The Labute approximate surface area is 108 Å². The van der Waals surface area contributed by atoms with Crippen molar-refractivity contribution in [2.45, 2.75) is 70.0 Å². The Morgan fingerprint density at radius 2 is 1.44 bits per heavy atom. The molecule has 2 aliphatic carbocycles. The molecular formula is C14H24F3N. The lowest BCUT2D eigenvalue weighted by atomic mass is 9.71. The van der Waals surface area contributed by atoms with E-state index in [4.69, 9.17) is 0 Å². The van der Waals surface area contributed by atoms with Gasteiger partial charge in [0, 0.05) is 6.04 Å². The van der Waals surface area contributed by atoms with Crippen molar-refractivity contribution in [3.05, 3.63) is 0 Å². The summed E-state index contributed by atoms with van der Waals surface area (Å²) in [5.74, 6) is 1.16. The normalized spacial score (nSPS) is 31.5. The third kappa shape index (κ3) is 4.15. The maximum absolute atomic E-state index is 12.3. The summed E-state index contributed by atoms with van der Waals surface area (Å²) in [5.41, 5.74) is 0. The third-order valence-corrected chi connectivity index (χ3v) is 4.64. The van der Waals surface area contributed by atoms with Crippen molar-refractivity contribution in [1.82, 2.24) is 5.32 Å². The summed E-state index contributed by atoms with van der Waals surface area (Å²) in [7, 11) is 0. The van der Waals surface area contributed by atoms with Crippen molar-refractivity contribution >= 4 is 0 Å². The fourth-order valence-corrected chi connectivity index (χ4v) is 3.79. The second-order valence-electron chi connectivity index (χ2n) is 5.95. The summed E-state index contributed by atoms with van der Waals surface area (Å²) in [4.78, 5) is 0. The summed E-state index contributed by atoms with van der Waals surface area (Å²) >= 11 is 0. The molecule has 0 heterocycles. The molecule has 2 atom stereocenters. The largest absolute Gasteiger partial charge is 0.401 e. The average Bonchev–Trinajstić information content (AvgIpc) is 2.37. The van der Waals surface area contributed by atoms with Crippen LogP contribution in [0.2, 0.25) is 0 Å². The van der Waals surface area contributed by atoms with E-state index in [-0.39, 0.29) is 6.04 Å². The molecular weight excluding hydrogens is 239 g/mol. The lowest BCUT2D eigenvalue weighted by molar-refractivity contribution is -0.128. The van der Waals surface area contributed by atoms with Gasteiger partial charge in [0.2, 0.25) is 0 Å². The summed E-state index contributed by atoms with van der Waals surface area (Å²) < 4.78 is 37.0. The van der Waals surface area contributed by atoms with Crippen LogP contribution in [0.15, 0.2) is 0 Å². The summed E-state index contributed by atoms with van der Waals surface area (Å²) in [6.07, 6.45) is 6.57. The van der Waals surface area contributed by atoms with Crippen LogP contribution in [0.3, 0.4) is 0 Å². The van der Waals surface area contributed by atoms with Crippen molar-refractivity contribution in [3.8, 4) is 0 Å². The van der Waals surface area contributed by atoms with Gasteiger partial charge in [0.05, 0.1) is 6.54 Å². The van der Waals surface area contributed by atoms with Gasteiger partial charge in [-0.15, -0.1) is 0 Å². The van der Waals surface area contributed by atoms with E-state index in [1.54, 1.807) is 0 Å². The first-order valence-electron chi connectivity index (χ1n) is 7.36. The van der Waals surface area contributed by atoms with Gasteiger partial charge < -0.3 is 5.32 Å². The topological polar surface area (TPSA) is 12.0 Å². The Morgan fingerprint density at radius 1 is 0.833 bits per heavy atom.